The lowest BCUT2D eigenvalue weighted by Crippen LogP contribution is -2.33. The molecule has 0 aliphatic carbocycles. The van der Waals surface area contributed by atoms with Crippen molar-refractivity contribution in [2.24, 2.45) is 0 Å². The SMILES string of the molecule is CNc1ccc(C)cc1C(=O)NCCNC(C)=O. The van der Waals surface area contributed by atoms with Gasteiger partial charge in [-0.05, 0) is 19.1 Å². The number of hydrogen-bond acceptors (Lipinski definition) is 3. The van der Waals surface area contributed by atoms with Crippen molar-refractivity contribution >= 4 is 17.5 Å². The number of carbonyl (C=O) groups excluding carboxylic acids is 2. The smallest absolute Gasteiger partial charge is 0.253 e. The van der Waals surface area contributed by atoms with E-state index in [2.05, 4.69) is 16.0 Å². The molecule has 1 aromatic rings. The molecule has 0 bridgehead atoms. The third-order valence-corrected chi connectivity index (χ3v) is 2.47. The summed E-state index contributed by atoms with van der Waals surface area (Å²) in [5, 5.41) is 8.37. The zero-order chi connectivity index (χ0) is 13.5. The lowest BCUT2D eigenvalue weighted by Gasteiger charge is -2.10. The van der Waals surface area contributed by atoms with Crippen LogP contribution in [0.3, 0.4) is 0 Å². The van der Waals surface area contributed by atoms with Crippen LogP contribution in [0.2, 0.25) is 0 Å². The summed E-state index contributed by atoms with van der Waals surface area (Å²) < 4.78 is 0. The molecule has 0 aliphatic heterocycles. The van der Waals surface area contributed by atoms with Crippen molar-refractivity contribution in [3.8, 4) is 0 Å². The van der Waals surface area contributed by atoms with Gasteiger partial charge in [-0.15, -0.1) is 0 Å². The number of anilines is 1. The molecular weight excluding hydrogens is 230 g/mol. The molecule has 3 N–H and O–H groups in total. The van der Waals surface area contributed by atoms with Crippen molar-refractivity contribution in [1.29, 1.82) is 0 Å². The highest BCUT2D eigenvalue weighted by Crippen LogP contribution is 2.16. The topological polar surface area (TPSA) is 70.2 Å². The van der Waals surface area contributed by atoms with Crippen LogP contribution in [0, 0.1) is 6.92 Å². The summed E-state index contributed by atoms with van der Waals surface area (Å²) in [6, 6.07) is 5.65. The number of carbonyl (C=O) groups is 2. The fraction of sp³-hybridized carbons (Fsp3) is 0.385. The zero-order valence-corrected chi connectivity index (χ0v) is 11.0. The molecule has 0 heterocycles. The highest BCUT2D eigenvalue weighted by atomic mass is 16.2. The summed E-state index contributed by atoms with van der Waals surface area (Å²) in [7, 11) is 1.78. The Morgan fingerprint density at radius 2 is 1.83 bits per heavy atom. The summed E-state index contributed by atoms with van der Waals surface area (Å²) in [5.41, 5.74) is 2.43. The van der Waals surface area contributed by atoms with Gasteiger partial charge < -0.3 is 16.0 Å². The minimum Gasteiger partial charge on any atom is -0.387 e. The van der Waals surface area contributed by atoms with E-state index in [0.717, 1.165) is 11.3 Å². The van der Waals surface area contributed by atoms with Gasteiger partial charge in [-0.2, -0.15) is 0 Å². The number of hydrogen-bond donors (Lipinski definition) is 3. The molecule has 2 amide bonds. The lowest BCUT2D eigenvalue weighted by atomic mass is 10.1. The molecule has 0 spiro atoms. The van der Waals surface area contributed by atoms with Crippen LogP contribution < -0.4 is 16.0 Å². The summed E-state index contributed by atoms with van der Waals surface area (Å²) in [6.07, 6.45) is 0. The number of benzene rings is 1. The van der Waals surface area contributed by atoms with Crippen molar-refractivity contribution in [3.63, 3.8) is 0 Å². The Hall–Kier alpha value is -2.04. The van der Waals surface area contributed by atoms with Gasteiger partial charge in [0, 0.05) is 32.7 Å². The number of aryl methyl sites for hydroxylation is 1. The third-order valence-electron chi connectivity index (χ3n) is 2.47. The predicted molar refractivity (Wildman–Crippen MR) is 71.7 cm³/mol. The predicted octanol–water partition coefficient (Wildman–Crippen LogP) is 0.903. The number of rotatable bonds is 5. The third kappa shape index (κ3) is 4.08. The Bertz CT molecular complexity index is 444. The van der Waals surface area contributed by atoms with Gasteiger partial charge in [0.2, 0.25) is 5.91 Å². The molecule has 0 aromatic heterocycles. The van der Waals surface area contributed by atoms with Crippen molar-refractivity contribution in [1.82, 2.24) is 10.6 Å². The molecule has 98 valence electrons. The monoisotopic (exact) mass is 249 g/mol. The molecule has 18 heavy (non-hydrogen) atoms. The standard InChI is InChI=1S/C13H19N3O2/c1-9-4-5-12(14-3)11(8-9)13(18)16-7-6-15-10(2)17/h4-5,8,14H,6-7H2,1-3H3,(H,15,17)(H,16,18). The van der Waals surface area contributed by atoms with Crippen molar-refractivity contribution in [2.75, 3.05) is 25.5 Å². The van der Waals surface area contributed by atoms with Gasteiger partial charge in [0.05, 0.1) is 5.56 Å². The Kier molecular flexibility index (Phi) is 5.17. The van der Waals surface area contributed by atoms with E-state index in [0.29, 0.717) is 18.7 Å². The summed E-state index contributed by atoms with van der Waals surface area (Å²) >= 11 is 0. The minimum absolute atomic E-state index is 0.101. The Balaban J connectivity index is 2.60. The minimum atomic E-state index is -0.145. The van der Waals surface area contributed by atoms with Crippen molar-refractivity contribution in [3.05, 3.63) is 29.3 Å². The zero-order valence-electron chi connectivity index (χ0n) is 11.0. The first kappa shape index (κ1) is 14.0. The first-order chi connectivity index (χ1) is 8.54. The molecule has 0 unspecified atom stereocenters. The summed E-state index contributed by atoms with van der Waals surface area (Å²) in [6.45, 7) is 4.23. The van der Waals surface area contributed by atoms with E-state index in [1.165, 1.54) is 6.92 Å². The quantitative estimate of drug-likeness (QED) is 0.679. The molecule has 0 fully saturated rings. The van der Waals surface area contributed by atoms with Crippen LogP contribution in [0.25, 0.3) is 0 Å². The molecule has 0 aliphatic rings. The Morgan fingerprint density at radius 3 is 2.44 bits per heavy atom. The molecule has 0 radical (unpaired) electrons. The van der Waals surface area contributed by atoms with Gasteiger partial charge in [-0.3, -0.25) is 9.59 Å². The van der Waals surface area contributed by atoms with Crippen LogP contribution >= 0.6 is 0 Å². The lowest BCUT2D eigenvalue weighted by molar-refractivity contribution is -0.118. The fourth-order valence-corrected chi connectivity index (χ4v) is 1.57. The molecule has 5 nitrogen and oxygen atoms in total. The summed E-state index contributed by atoms with van der Waals surface area (Å²) in [5.74, 6) is -0.246. The van der Waals surface area contributed by atoms with Gasteiger partial charge >= 0.3 is 0 Å². The van der Waals surface area contributed by atoms with Crippen molar-refractivity contribution in [2.45, 2.75) is 13.8 Å². The molecular formula is C13H19N3O2. The normalized spacial score (nSPS) is 9.72. The maximum absolute atomic E-state index is 12.0. The molecule has 0 atom stereocenters. The van der Waals surface area contributed by atoms with Gasteiger partial charge in [0.25, 0.3) is 5.91 Å². The van der Waals surface area contributed by atoms with E-state index in [-0.39, 0.29) is 11.8 Å². The molecule has 0 saturated carbocycles. The first-order valence-corrected chi connectivity index (χ1v) is 5.85. The fourth-order valence-electron chi connectivity index (χ4n) is 1.57. The maximum atomic E-state index is 12.0. The average Bonchev–Trinajstić information content (AvgIpc) is 2.34. The van der Waals surface area contributed by atoms with E-state index >= 15 is 0 Å². The second kappa shape index (κ2) is 6.64. The first-order valence-electron chi connectivity index (χ1n) is 5.85. The van der Waals surface area contributed by atoms with Crippen LogP contribution in [0.15, 0.2) is 18.2 Å². The van der Waals surface area contributed by atoms with E-state index in [9.17, 15) is 9.59 Å². The maximum Gasteiger partial charge on any atom is 0.253 e. The molecule has 1 aromatic carbocycles. The molecule has 5 heteroatoms. The van der Waals surface area contributed by atoms with E-state index in [1.807, 2.05) is 25.1 Å². The van der Waals surface area contributed by atoms with E-state index in [1.54, 1.807) is 7.05 Å². The number of nitrogens with one attached hydrogen (secondary N) is 3. The van der Waals surface area contributed by atoms with Crippen LogP contribution in [-0.2, 0) is 4.79 Å². The second-order valence-electron chi connectivity index (χ2n) is 4.04. The Labute approximate surface area is 107 Å². The van der Waals surface area contributed by atoms with Crippen LogP contribution in [-0.4, -0.2) is 32.0 Å². The van der Waals surface area contributed by atoms with Crippen LogP contribution in [0.1, 0.15) is 22.8 Å². The van der Waals surface area contributed by atoms with Gasteiger partial charge in [-0.1, -0.05) is 11.6 Å². The van der Waals surface area contributed by atoms with Crippen molar-refractivity contribution < 1.29 is 9.59 Å². The molecule has 1 rings (SSSR count). The molecule has 0 saturated heterocycles. The van der Waals surface area contributed by atoms with Crippen LogP contribution in [0.5, 0.6) is 0 Å². The Morgan fingerprint density at radius 1 is 1.17 bits per heavy atom. The van der Waals surface area contributed by atoms with Gasteiger partial charge in [0.15, 0.2) is 0 Å². The van der Waals surface area contributed by atoms with E-state index < -0.39 is 0 Å². The number of amides is 2. The van der Waals surface area contributed by atoms with Gasteiger partial charge in [-0.25, -0.2) is 0 Å². The highest BCUT2D eigenvalue weighted by molar-refractivity contribution is 5.99. The van der Waals surface area contributed by atoms with Crippen LogP contribution in [0.4, 0.5) is 5.69 Å². The van der Waals surface area contributed by atoms with Gasteiger partial charge in [0.1, 0.15) is 0 Å². The second-order valence-corrected chi connectivity index (χ2v) is 4.04. The largest absolute Gasteiger partial charge is 0.387 e. The highest BCUT2D eigenvalue weighted by Gasteiger charge is 2.10. The van der Waals surface area contributed by atoms with E-state index in [4.69, 9.17) is 0 Å². The summed E-state index contributed by atoms with van der Waals surface area (Å²) in [4.78, 5) is 22.6. The average molecular weight is 249 g/mol.